The summed E-state index contributed by atoms with van der Waals surface area (Å²) in [6, 6.07) is -0.0222. The molecule has 2 rings (SSSR count). The monoisotopic (exact) mass is 222 g/mol. The van der Waals surface area contributed by atoms with Crippen molar-refractivity contribution in [2.45, 2.75) is 31.8 Å². The van der Waals surface area contributed by atoms with E-state index in [-0.39, 0.29) is 11.9 Å². The van der Waals surface area contributed by atoms with Crippen LogP contribution in [0.25, 0.3) is 0 Å². The van der Waals surface area contributed by atoms with Gasteiger partial charge in [0.25, 0.3) is 0 Å². The summed E-state index contributed by atoms with van der Waals surface area (Å²) in [5.74, 6) is 0.142. The van der Waals surface area contributed by atoms with E-state index >= 15 is 0 Å². The van der Waals surface area contributed by atoms with E-state index in [1.54, 1.807) is 12.5 Å². The number of rotatable bonds is 4. The van der Waals surface area contributed by atoms with Crippen LogP contribution in [-0.2, 0) is 11.3 Å². The normalized spacial score (nSPS) is 21.5. The van der Waals surface area contributed by atoms with Crippen molar-refractivity contribution in [2.75, 3.05) is 13.1 Å². The summed E-state index contributed by atoms with van der Waals surface area (Å²) in [4.78, 5) is 15.6. The Kier molecular flexibility index (Phi) is 3.93. The van der Waals surface area contributed by atoms with Crippen LogP contribution in [-0.4, -0.2) is 34.6 Å². The highest BCUT2D eigenvalue weighted by Gasteiger charge is 2.19. The number of amides is 1. The van der Waals surface area contributed by atoms with Gasteiger partial charge in [0.15, 0.2) is 0 Å². The van der Waals surface area contributed by atoms with E-state index in [0.717, 1.165) is 38.9 Å². The molecule has 0 spiro atoms. The van der Waals surface area contributed by atoms with Crippen LogP contribution >= 0.6 is 0 Å². The molecule has 5 nitrogen and oxygen atoms in total. The lowest BCUT2D eigenvalue weighted by atomic mass is 10.1. The molecule has 1 saturated heterocycles. The summed E-state index contributed by atoms with van der Waals surface area (Å²) in [5.41, 5.74) is 0. The second-order valence-electron chi connectivity index (χ2n) is 4.09. The van der Waals surface area contributed by atoms with Gasteiger partial charge in [0.05, 0.1) is 12.4 Å². The van der Waals surface area contributed by atoms with Crippen LogP contribution in [0.15, 0.2) is 18.7 Å². The standard InChI is InChI=1S/C11H18N4O/c16-11-10(3-1-2-4-14-11)13-6-8-15-7-5-12-9-15/h5,7,9-10,13H,1-4,6,8H2,(H,14,16). The largest absolute Gasteiger partial charge is 0.355 e. The summed E-state index contributed by atoms with van der Waals surface area (Å²) in [6.07, 6.45) is 8.62. The van der Waals surface area contributed by atoms with Crippen LogP contribution in [0.5, 0.6) is 0 Å². The minimum absolute atomic E-state index is 0.0222. The molecule has 16 heavy (non-hydrogen) atoms. The van der Waals surface area contributed by atoms with Gasteiger partial charge in [-0.05, 0) is 19.3 Å². The van der Waals surface area contributed by atoms with Gasteiger partial charge in [-0.1, -0.05) is 0 Å². The predicted molar refractivity (Wildman–Crippen MR) is 60.9 cm³/mol. The minimum atomic E-state index is -0.0222. The molecule has 2 N–H and O–H groups in total. The zero-order chi connectivity index (χ0) is 11.2. The van der Waals surface area contributed by atoms with E-state index < -0.39 is 0 Å². The first-order valence-electron chi connectivity index (χ1n) is 5.83. The zero-order valence-electron chi connectivity index (χ0n) is 9.35. The third-order valence-electron chi connectivity index (χ3n) is 2.86. The van der Waals surface area contributed by atoms with Gasteiger partial charge >= 0.3 is 0 Å². The number of aromatic nitrogens is 2. The van der Waals surface area contributed by atoms with Gasteiger partial charge in [0.2, 0.25) is 5.91 Å². The molecule has 5 heteroatoms. The third kappa shape index (κ3) is 3.06. The van der Waals surface area contributed by atoms with E-state index in [1.165, 1.54) is 0 Å². The Morgan fingerprint density at radius 2 is 2.50 bits per heavy atom. The molecule has 1 aliphatic heterocycles. The molecule has 1 fully saturated rings. The molecule has 1 aromatic rings. The van der Waals surface area contributed by atoms with E-state index in [2.05, 4.69) is 15.6 Å². The number of nitrogens with one attached hydrogen (secondary N) is 2. The summed E-state index contributed by atoms with van der Waals surface area (Å²) in [6.45, 7) is 2.47. The summed E-state index contributed by atoms with van der Waals surface area (Å²) in [5, 5.41) is 6.21. The lowest BCUT2D eigenvalue weighted by Gasteiger charge is -2.15. The summed E-state index contributed by atoms with van der Waals surface area (Å²) in [7, 11) is 0. The van der Waals surface area contributed by atoms with Gasteiger partial charge < -0.3 is 15.2 Å². The Bertz CT molecular complexity index is 323. The SMILES string of the molecule is O=C1NCCCCC1NCCn1ccnc1. The third-order valence-corrected chi connectivity index (χ3v) is 2.86. The minimum Gasteiger partial charge on any atom is -0.355 e. The molecular formula is C11H18N4O. The van der Waals surface area contributed by atoms with Crippen LogP contribution in [0.4, 0.5) is 0 Å². The number of nitrogens with zero attached hydrogens (tertiary/aromatic N) is 2. The molecular weight excluding hydrogens is 204 g/mol. The maximum atomic E-state index is 11.6. The molecule has 2 heterocycles. The second kappa shape index (κ2) is 5.65. The van der Waals surface area contributed by atoms with E-state index in [1.807, 2.05) is 10.8 Å². The van der Waals surface area contributed by atoms with E-state index in [4.69, 9.17) is 0 Å². The van der Waals surface area contributed by atoms with Crippen LogP contribution < -0.4 is 10.6 Å². The highest BCUT2D eigenvalue weighted by atomic mass is 16.2. The van der Waals surface area contributed by atoms with Gasteiger partial charge in [-0.15, -0.1) is 0 Å². The quantitative estimate of drug-likeness (QED) is 0.762. The van der Waals surface area contributed by atoms with Crippen LogP contribution in [0.1, 0.15) is 19.3 Å². The van der Waals surface area contributed by atoms with Crippen molar-refractivity contribution >= 4 is 5.91 Å². The number of carbonyl (C=O) groups excluding carboxylic acids is 1. The van der Waals surface area contributed by atoms with Crippen LogP contribution in [0.2, 0.25) is 0 Å². The Hall–Kier alpha value is -1.36. The number of hydrogen-bond donors (Lipinski definition) is 2. The van der Waals surface area contributed by atoms with E-state index in [9.17, 15) is 4.79 Å². The van der Waals surface area contributed by atoms with Gasteiger partial charge in [0.1, 0.15) is 0 Å². The fraction of sp³-hybridized carbons (Fsp3) is 0.636. The average molecular weight is 222 g/mol. The molecule has 0 aromatic carbocycles. The van der Waals surface area contributed by atoms with Crippen LogP contribution in [0, 0.1) is 0 Å². The fourth-order valence-corrected chi connectivity index (χ4v) is 1.92. The zero-order valence-corrected chi connectivity index (χ0v) is 9.35. The van der Waals surface area contributed by atoms with Gasteiger partial charge in [-0.2, -0.15) is 0 Å². The Morgan fingerprint density at radius 3 is 3.31 bits per heavy atom. The smallest absolute Gasteiger partial charge is 0.237 e. The van der Waals surface area contributed by atoms with Crippen LogP contribution in [0.3, 0.4) is 0 Å². The van der Waals surface area contributed by atoms with Crippen molar-refractivity contribution < 1.29 is 4.79 Å². The van der Waals surface area contributed by atoms with Gasteiger partial charge in [0, 0.05) is 32.0 Å². The van der Waals surface area contributed by atoms with Gasteiger partial charge in [-0.25, -0.2) is 4.98 Å². The molecule has 0 radical (unpaired) electrons. The Balaban J connectivity index is 1.73. The Labute approximate surface area is 95.2 Å². The molecule has 0 saturated carbocycles. The molecule has 1 amide bonds. The maximum Gasteiger partial charge on any atom is 0.237 e. The fourth-order valence-electron chi connectivity index (χ4n) is 1.92. The molecule has 1 aromatic heterocycles. The average Bonchev–Trinajstić information content (AvgIpc) is 2.71. The number of hydrogen-bond acceptors (Lipinski definition) is 3. The van der Waals surface area contributed by atoms with E-state index in [0.29, 0.717) is 0 Å². The molecule has 88 valence electrons. The van der Waals surface area contributed by atoms with Gasteiger partial charge in [-0.3, -0.25) is 4.79 Å². The van der Waals surface area contributed by atoms with Crippen molar-refractivity contribution in [3.63, 3.8) is 0 Å². The second-order valence-corrected chi connectivity index (χ2v) is 4.09. The molecule has 0 aliphatic carbocycles. The van der Waals surface area contributed by atoms with Crippen molar-refractivity contribution in [3.8, 4) is 0 Å². The summed E-state index contributed by atoms with van der Waals surface area (Å²) < 4.78 is 2.00. The first-order valence-corrected chi connectivity index (χ1v) is 5.83. The highest BCUT2D eigenvalue weighted by molar-refractivity contribution is 5.81. The first-order chi connectivity index (χ1) is 7.86. The van der Waals surface area contributed by atoms with Crippen molar-refractivity contribution in [2.24, 2.45) is 0 Å². The summed E-state index contributed by atoms with van der Waals surface area (Å²) >= 11 is 0. The highest BCUT2D eigenvalue weighted by Crippen LogP contribution is 2.04. The van der Waals surface area contributed by atoms with Crippen molar-refractivity contribution in [1.82, 2.24) is 20.2 Å². The van der Waals surface area contributed by atoms with Crippen molar-refractivity contribution in [1.29, 1.82) is 0 Å². The number of carbonyl (C=O) groups is 1. The van der Waals surface area contributed by atoms with Crippen molar-refractivity contribution in [3.05, 3.63) is 18.7 Å². The first kappa shape index (κ1) is 11.1. The molecule has 0 bridgehead atoms. The molecule has 1 aliphatic rings. The molecule has 1 unspecified atom stereocenters. The lowest BCUT2D eigenvalue weighted by molar-refractivity contribution is -0.122. The number of imidazole rings is 1. The lowest BCUT2D eigenvalue weighted by Crippen LogP contribution is -2.43. The maximum absolute atomic E-state index is 11.6. The predicted octanol–water partition coefficient (Wildman–Crippen LogP) is 0.141. The molecule has 1 atom stereocenters. The Morgan fingerprint density at radius 1 is 1.56 bits per heavy atom. The topological polar surface area (TPSA) is 59.0 Å².